The van der Waals surface area contributed by atoms with Crippen LogP contribution in [0.2, 0.25) is 0 Å². The first-order valence-electron chi connectivity index (χ1n) is 14.4. The van der Waals surface area contributed by atoms with Gasteiger partial charge in [-0.25, -0.2) is 0 Å². The first-order valence-corrected chi connectivity index (χ1v) is 14.4. The Balaban J connectivity index is -0.000000374. The van der Waals surface area contributed by atoms with E-state index in [-0.39, 0.29) is 39.9 Å². The second-order valence-corrected chi connectivity index (χ2v) is 14.3. The van der Waals surface area contributed by atoms with Gasteiger partial charge in [-0.15, -0.1) is 17.3 Å². The number of halogens is 21. The van der Waals surface area contributed by atoms with Gasteiger partial charge in [-0.05, 0) is 34.5 Å². The monoisotopic (exact) mass is 1040 g/mol. The zero-order chi connectivity index (χ0) is 47.6. The van der Waals surface area contributed by atoms with Gasteiger partial charge in [0.25, 0.3) is 0 Å². The van der Waals surface area contributed by atoms with Crippen LogP contribution in [-0.4, -0.2) is 71.4 Å². The maximum atomic E-state index is 12.8. The smallest absolute Gasteiger partial charge is 0.875 e. The van der Waals surface area contributed by atoms with Crippen molar-refractivity contribution < 1.29 is 162 Å². The molecule has 0 rings (SSSR count). The molecule has 28 heteroatoms. The third kappa shape index (κ3) is 14.9. The summed E-state index contributed by atoms with van der Waals surface area (Å²) < 4.78 is 258. The fourth-order valence-corrected chi connectivity index (χ4v) is 2.28. The van der Waals surface area contributed by atoms with E-state index in [0.717, 1.165) is 0 Å². The fraction of sp³-hybridized carbons (Fsp3) is 0.700. The van der Waals surface area contributed by atoms with Gasteiger partial charge in [-0.1, -0.05) is 62.3 Å². The van der Waals surface area contributed by atoms with Gasteiger partial charge >= 0.3 is 94.0 Å². The molecule has 341 valence electrons. The third-order valence-corrected chi connectivity index (χ3v) is 6.18. The van der Waals surface area contributed by atoms with Gasteiger partial charge in [-0.3, -0.25) is 14.4 Å². The Bertz CT molecular complexity index is 1350. The normalized spacial score (nSPS) is 15.3. The number of carbonyl (C=O) groups excluding carboxylic acids is 3. The van der Waals surface area contributed by atoms with E-state index in [0.29, 0.717) is 0 Å². The number of ketones is 3. The molecule has 0 aromatic heterocycles. The average Bonchev–Trinajstić information content (AvgIpc) is 2.93. The molecule has 6 nitrogen and oxygen atoms in total. The Labute approximate surface area is 346 Å². The number of allylic oxidation sites excluding steroid dienone is 6. The van der Waals surface area contributed by atoms with Gasteiger partial charge in [0.05, 0.1) is 0 Å². The molecule has 0 saturated heterocycles. The van der Waals surface area contributed by atoms with Gasteiger partial charge in [0.2, 0.25) is 17.3 Å². The molecular weight excluding hydrogens is 1010 g/mol. The summed E-state index contributed by atoms with van der Waals surface area (Å²) in [6, 6.07) is 0. The quantitative estimate of drug-likeness (QED) is 0.131. The van der Waals surface area contributed by atoms with Crippen molar-refractivity contribution in [2.75, 3.05) is 0 Å². The summed E-state index contributed by atoms with van der Waals surface area (Å²) in [5.41, 5.74) is -4.09. The number of alkyl halides is 21. The molecule has 0 saturated carbocycles. The molecule has 0 N–H and O–H groups in total. The molecule has 0 aliphatic rings. The van der Waals surface area contributed by atoms with E-state index < -0.39 is 123 Å². The first-order chi connectivity index (χ1) is 24.1. The number of carbonyl (C=O) groups is 3. The van der Waals surface area contributed by atoms with E-state index in [2.05, 4.69) is 0 Å². The fourth-order valence-electron chi connectivity index (χ4n) is 2.28. The molecule has 0 amide bonds. The van der Waals surface area contributed by atoms with Gasteiger partial charge in [0, 0.05) is 0 Å². The van der Waals surface area contributed by atoms with Crippen LogP contribution < -0.4 is 15.3 Å². The minimum atomic E-state index is -6.61. The molecule has 58 heavy (non-hydrogen) atoms. The average molecular weight is 1040 g/mol. The van der Waals surface area contributed by atoms with E-state index in [4.69, 9.17) is 0 Å². The van der Waals surface area contributed by atoms with Crippen LogP contribution in [0.3, 0.4) is 0 Å². The molecular formula is C30H30F21GdO6. The van der Waals surface area contributed by atoms with Crippen LogP contribution >= 0.6 is 0 Å². The number of rotatable bonds is 9. The van der Waals surface area contributed by atoms with Gasteiger partial charge < -0.3 is 15.3 Å². The largest absolute Gasteiger partial charge is 3.00 e. The van der Waals surface area contributed by atoms with Gasteiger partial charge in [0.15, 0.2) is 0 Å². The summed E-state index contributed by atoms with van der Waals surface area (Å²) in [6.45, 7) is 10.6. The first kappa shape index (κ1) is 62.1. The summed E-state index contributed by atoms with van der Waals surface area (Å²) in [5, 5.41) is 33.5. The van der Waals surface area contributed by atoms with Crippen molar-refractivity contribution in [2.45, 2.75) is 116 Å². The van der Waals surface area contributed by atoms with Crippen molar-refractivity contribution in [3.8, 4) is 0 Å². The standard InChI is InChI=1S/3C10H11F7O2.Gd/c3*1-7(2,3)5(18)4-6(19)8(11,12)9(13,14)10(15,16)17;/h3*4,18H,1-3H3;/q;;;+3/p-3/b3*5-4-;. The summed E-state index contributed by atoms with van der Waals surface area (Å²) in [4.78, 5) is 32.4. The van der Waals surface area contributed by atoms with Gasteiger partial charge in [0.1, 0.15) is 0 Å². The van der Waals surface area contributed by atoms with E-state index in [1.165, 1.54) is 62.3 Å². The van der Waals surface area contributed by atoms with E-state index >= 15 is 0 Å². The Kier molecular flexibility index (Phi) is 20.4. The maximum Gasteiger partial charge on any atom is 3.00 e. The molecule has 0 aliphatic carbocycles. The second-order valence-electron chi connectivity index (χ2n) is 14.3. The Morgan fingerprint density at radius 1 is 0.328 bits per heavy atom. The minimum Gasteiger partial charge on any atom is -0.875 e. The van der Waals surface area contributed by atoms with Crippen molar-refractivity contribution in [1.82, 2.24) is 0 Å². The van der Waals surface area contributed by atoms with Crippen LogP contribution in [0.1, 0.15) is 62.3 Å². The molecule has 0 spiro atoms. The second kappa shape index (κ2) is 19.0. The zero-order valence-corrected chi connectivity index (χ0v) is 32.7. The SMILES string of the molecule is CC(C)(C)/C([O-])=C/C(=O)C(F)(F)C(F)(F)C(F)(F)F.CC(C)(C)/C([O-])=C/C(=O)C(F)(F)C(F)(F)C(F)(F)F.CC(C)(C)/C([O-])=C/C(=O)C(F)(F)C(F)(F)C(F)(F)F.[Gd+3]. The Morgan fingerprint density at radius 3 is 0.534 bits per heavy atom. The molecule has 0 fully saturated rings. The summed E-state index contributed by atoms with van der Waals surface area (Å²) >= 11 is 0. The number of hydrogen-bond donors (Lipinski definition) is 0. The Hall–Kier alpha value is -2.52. The third-order valence-electron chi connectivity index (χ3n) is 6.18. The molecule has 0 aromatic rings. The van der Waals surface area contributed by atoms with Crippen molar-refractivity contribution in [2.24, 2.45) is 16.2 Å². The van der Waals surface area contributed by atoms with Crippen LogP contribution in [0.25, 0.3) is 0 Å². The van der Waals surface area contributed by atoms with Crippen molar-refractivity contribution in [1.29, 1.82) is 0 Å². The number of hydrogen-bond acceptors (Lipinski definition) is 6. The van der Waals surface area contributed by atoms with Crippen molar-refractivity contribution in [3.05, 3.63) is 35.5 Å². The van der Waals surface area contributed by atoms with Crippen LogP contribution in [0.4, 0.5) is 92.2 Å². The van der Waals surface area contributed by atoms with E-state index in [1.54, 1.807) is 0 Å². The predicted molar refractivity (Wildman–Crippen MR) is 145 cm³/mol. The van der Waals surface area contributed by atoms with E-state index in [9.17, 15) is 122 Å². The minimum absolute atomic E-state index is 0. The molecule has 0 atom stereocenters. The maximum absolute atomic E-state index is 12.8. The molecule has 0 aromatic carbocycles. The molecule has 1 radical (unpaired) electrons. The summed E-state index contributed by atoms with van der Waals surface area (Å²) in [6.07, 6.45) is -21.1. The van der Waals surface area contributed by atoms with Crippen LogP contribution in [0.5, 0.6) is 0 Å². The molecule has 0 aliphatic heterocycles. The van der Waals surface area contributed by atoms with Crippen LogP contribution in [0, 0.1) is 56.2 Å². The summed E-state index contributed by atoms with van der Waals surface area (Å²) in [7, 11) is 0. The van der Waals surface area contributed by atoms with E-state index in [1.807, 2.05) is 0 Å². The Morgan fingerprint density at radius 2 is 0.448 bits per heavy atom. The zero-order valence-electron chi connectivity index (χ0n) is 30.5. The van der Waals surface area contributed by atoms with Gasteiger partial charge in [-0.2, -0.15) is 92.2 Å². The van der Waals surface area contributed by atoms with Crippen LogP contribution in [0.15, 0.2) is 35.5 Å². The molecule has 0 heterocycles. The molecule has 0 unspecified atom stereocenters. The predicted octanol–water partition coefficient (Wildman–Crippen LogP) is 8.04. The van der Waals surface area contributed by atoms with Crippen LogP contribution in [-0.2, 0) is 14.4 Å². The van der Waals surface area contributed by atoms with Crippen molar-refractivity contribution >= 4 is 17.3 Å². The topological polar surface area (TPSA) is 120 Å². The summed E-state index contributed by atoms with van der Waals surface area (Å²) in [5.74, 6) is -50.2. The van der Waals surface area contributed by atoms with Crippen molar-refractivity contribution in [3.63, 3.8) is 0 Å². The molecule has 0 bridgehead atoms.